The van der Waals surface area contributed by atoms with Crippen molar-refractivity contribution in [2.75, 3.05) is 19.5 Å². The molecule has 0 radical (unpaired) electrons. The lowest BCUT2D eigenvalue weighted by atomic mass is 9.87. The highest BCUT2D eigenvalue weighted by Gasteiger charge is 2.29. The van der Waals surface area contributed by atoms with E-state index in [0.29, 0.717) is 5.56 Å². The van der Waals surface area contributed by atoms with E-state index in [0.717, 1.165) is 25.7 Å². The third-order valence-corrected chi connectivity index (χ3v) is 7.55. The summed E-state index contributed by atoms with van der Waals surface area (Å²) in [7, 11) is -1.28. The summed E-state index contributed by atoms with van der Waals surface area (Å²) in [6.45, 7) is 3.77. The number of carbonyl (C=O) groups excluding carboxylic acids is 2. The van der Waals surface area contributed by atoms with Gasteiger partial charge in [0.2, 0.25) is 10.0 Å². The van der Waals surface area contributed by atoms with Gasteiger partial charge in [-0.25, -0.2) is 17.9 Å². The Hall–Kier alpha value is -2.91. The van der Waals surface area contributed by atoms with Crippen molar-refractivity contribution < 1.29 is 27.5 Å². The summed E-state index contributed by atoms with van der Waals surface area (Å²) in [5.74, 6) is -0.763. The van der Waals surface area contributed by atoms with Crippen LogP contribution in [0.15, 0.2) is 41.3 Å². The first-order valence-corrected chi connectivity index (χ1v) is 12.4. The Balaban J connectivity index is 1.92. The van der Waals surface area contributed by atoms with Gasteiger partial charge < -0.3 is 14.8 Å². The summed E-state index contributed by atoms with van der Waals surface area (Å²) < 4.78 is 39.3. The van der Waals surface area contributed by atoms with Crippen molar-refractivity contribution in [3.8, 4) is 5.75 Å². The third-order valence-electron chi connectivity index (χ3n) is 6.04. The van der Waals surface area contributed by atoms with Crippen LogP contribution in [0.3, 0.4) is 0 Å². The second-order valence-corrected chi connectivity index (χ2v) is 9.98. The number of methoxy groups -OCH3 is 2. The van der Waals surface area contributed by atoms with Crippen molar-refractivity contribution >= 4 is 27.6 Å². The Morgan fingerprint density at radius 1 is 1.06 bits per heavy atom. The van der Waals surface area contributed by atoms with Crippen LogP contribution in [0.2, 0.25) is 0 Å². The Morgan fingerprint density at radius 2 is 1.79 bits per heavy atom. The van der Waals surface area contributed by atoms with Crippen LogP contribution < -0.4 is 14.8 Å². The number of esters is 1. The number of ether oxygens (including phenoxy) is 2. The SMILES string of the molecule is COC(=O)c1c(C)cccc1NC(=O)c1ccc(OC)c(S(=O)(=O)N[C@@H]2CCCC[C@H]2C)c1. The molecule has 1 aliphatic rings. The number of sulfonamides is 1. The number of aryl methyl sites for hydroxylation is 1. The lowest BCUT2D eigenvalue weighted by Crippen LogP contribution is -2.41. The summed E-state index contributed by atoms with van der Waals surface area (Å²) in [4.78, 5) is 25.1. The van der Waals surface area contributed by atoms with Gasteiger partial charge in [-0.2, -0.15) is 0 Å². The summed E-state index contributed by atoms with van der Waals surface area (Å²) in [5.41, 5.74) is 1.28. The van der Waals surface area contributed by atoms with Crippen LogP contribution >= 0.6 is 0 Å². The number of amides is 1. The minimum atomic E-state index is -3.93. The molecule has 0 spiro atoms. The molecule has 2 aromatic carbocycles. The monoisotopic (exact) mass is 474 g/mol. The van der Waals surface area contributed by atoms with E-state index in [1.165, 1.54) is 32.4 Å². The van der Waals surface area contributed by atoms with Crippen molar-refractivity contribution in [3.05, 3.63) is 53.1 Å². The van der Waals surface area contributed by atoms with E-state index in [1.54, 1.807) is 25.1 Å². The molecule has 2 aromatic rings. The molecule has 3 rings (SSSR count). The molecule has 9 heteroatoms. The fourth-order valence-electron chi connectivity index (χ4n) is 4.12. The third kappa shape index (κ3) is 5.54. The second kappa shape index (κ2) is 10.4. The van der Waals surface area contributed by atoms with Gasteiger partial charge in [0.1, 0.15) is 10.6 Å². The molecular weight excluding hydrogens is 444 g/mol. The predicted molar refractivity (Wildman–Crippen MR) is 125 cm³/mol. The fraction of sp³-hybridized carbons (Fsp3) is 0.417. The Kier molecular flexibility index (Phi) is 7.76. The van der Waals surface area contributed by atoms with Crippen LogP contribution in [-0.4, -0.2) is 40.6 Å². The fourth-order valence-corrected chi connectivity index (χ4v) is 5.70. The molecule has 0 aliphatic heterocycles. The molecule has 8 nitrogen and oxygen atoms in total. The quantitative estimate of drug-likeness (QED) is 0.589. The molecule has 178 valence electrons. The van der Waals surface area contributed by atoms with Crippen LogP contribution in [0.5, 0.6) is 5.75 Å². The number of hydrogen-bond donors (Lipinski definition) is 2. The average Bonchev–Trinajstić information content (AvgIpc) is 2.79. The molecule has 2 atom stereocenters. The van der Waals surface area contributed by atoms with E-state index >= 15 is 0 Å². The van der Waals surface area contributed by atoms with Crippen LogP contribution in [0.4, 0.5) is 5.69 Å². The highest BCUT2D eigenvalue weighted by atomic mass is 32.2. The molecular formula is C24H30N2O6S. The second-order valence-electron chi connectivity index (χ2n) is 8.30. The molecule has 2 N–H and O–H groups in total. The van der Waals surface area contributed by atoms with E-state index in [-0.39, 0.29) is 39.4 Å². The van der Waals surface area contributed by atoms with Crippen molar-refractivity contribution in [1.82, 2.24) is 4.72 Å². The van der Waals surface area contributed by atoms with Crippen LogP contribution in [0.1, 0.15) is 58.9 Å². The van der Waals surface area contributed by atoms with Crippen molar-refractivity contribution in [3.63, 3.8) is 0 Å². The first-order chi connectivity index (χ1) is 15.7. The predicted octanol–water partition coefficient (Wildman–Crippen LogP) is 3.90. The Labute approximate surface area is 194 Å². The van der Waals surface area contributed by atoms with Gasteiger partial charge in [0.25, 0.3) is 5.91 Å². The highest BCUT2D eigenvalue weighted by molar-refractivity contribution is 7.89. The molecule has 0 heterocycles. The lowest BCUT2D eigenvalue weighted by molar-refractivity contribution is 0.0601. The zero-order valence-corrected chi connectivity index (χ0v) is 20.1. The molecule has 0 saturated heterocycles. The van der Waals surface area contributed by atoms with Crippen LogP contribution in [-0.2, 0) is 14.8 Å². The number of anilines is 1. The maximum absolute atomic E-state index is 13.2. The minimum Gasteiger partial charge on any atom is -0.495 e. The molecule has 33 heavy (non-hydrogen) atoms. The summed E-state index contributed by atoms with van der Waals surface area (Å²) in [5, 5.41) is 2.69. The van der Waals surface area contributed by atoms with E-state index in [9.17, 15) is 18.0 Å². The minimum absolute atomic E-state index is 0.104. The number of nitrogens with one attached hydrogen (secondary N) is 2. The number of benzene rings is 2. The maximum Gasteiger partial charge on any atom is 0.340 e. The van der Waals surface area contributed by atoms with Crippen molar-refractivity contribution in [2.45, 2.75) is 50.5 Å². The molecule has 0 bridgehead atoms. The van der Waals surface area contributed by atoms with Gasteiger partial charge in [-0.05, 0) is 55.5 Å². The van der Waals surface area contributed by atoms with E-state index in [2.05, 4.69) is 10.0 Å². The zero-order chi connectivity index (χ0) is 24.2. The van der Waals surface area contributed by atoms with Gasteiger partial charge >= 0.3 is 5.97 Å². The number of hydrogen-bond acceptors (Lipinski definition) is 6. The van der Waals surface area contributed by atoms with Crippen molar-refractivity contribution in [1.29, 1.82) is 0 Å². The first-order valence-electron chi connectivity index (χ1n) is 10.9. The zero-order valence-electron chi connectivity index (χ0n) is 19.3. The molecule has 0 unspecified atom stereocenters. The molecule has 1 amide bonds. The standard InChI is InChI=1S/C24H30N2O6S/c1-15-8-5-6-10-18(15)26-33(29,30)21-14-17(12-13-20(21)31-3)23(27)25-19-11-7-9-16(2)22(19)24(28)32-4/h7,9,11-15,18,26H,5-6,8,10H2,1-4H3,(H,25,27)/t15-,18-/m1/s1. The van der Waals surface area contributed by atoms with Crippen molar-refractivity contribution in [2.24, 2.45) is 5.92 Å². The average molecular weight is 475 g/mol. The summed E-state index contributed by atoms with van der Waals surface area (Å²) in [6.07, 6.45) is 3.79. The summed E-state index contributed by atoms with van der Waals surface area (Å²) >= 11 is 0. The maximum atomic E-state index is 13.2. The van der Waals surface area contributed by atoms with E-state index < -0.39 is 21.9 Å². The van der Waals surface area contributed by atoms with Gasteiger partial charge in [-0.1, -0.05) is 31.9 Å². The van der Waals surface area contributed by atoms with Crippen LogP contribution in [0.25, 0.3) is 0 Å². The van der Waals surface area contributed by atoms with E-state index in [4.69, 9.17) is 9.47 Å². The first kappa shape index (κ1) is 24.7. The Bertz CT molecular complexity index is 1150. The number of carbonyl (C=O) groups is 2. The lowest BCUT2D eigenvalue weighted by Gasteiger charge is -2.29. The highest BCUT2D eigenvalue weighted by Crippen LogP contribution is 2.29. The number of rotatable bonds is 7. The topological polar surface area (TPSA) is 111 Å². The summed E-state index contributed by atoms with van der Waals surface area (Å²) in [6, 6.07) is 9.08. The van der Waals surface area contributed by atoms with E-state index in [1.807, 2.05) is 6.92 Å². The molecule has 1 aliphatic carbocycles. The van der Waals surface area contributed by atoms with Gasteiger partial charge in [0, 0.05) is 11.6 Å². The van der Waals surface area contributed by atoms with Gasteiger partial charge in [-0.15, -0.1) is 0 Å². The van der Waals surface area contributed by atoms with Crippen LogP contribution in [0, 0.1) is 12.8 Å². The van der Waals surface area contributed by atoms with Gasteiger partial charge in [0.15, 0.2) is 0 Å². The molecule has 1 fully saturated rings. The smallest absolute Gasteiger partial charge is 0.340 e. The normalized spacial score (nSPS) is 18.4. The largest absolute Gasteiger partial charge is 0.495 e. The molecule has 0 aromatic heterocycles. The van der Waals surface area contributed by atoms with Gasteiger partial charge in [0.05, 0.1) is 25.5 Å². The molecule has 1 saturated carbocycles. The van der Waals surface area contributed by atoms with Gasteiger partial charge in [-0.3, -0.25) is 4.79 Å². The Morgan fingerprint density at radius 3 is 2.45 bits per heavy atom.